The first kappa shape index (κ1) is 22.7. The van der Waals surface area contributed by atoms with Gasteiger partial charge in [0.1, 0.15) is 5.69 Å². The number of hydrogen-bond donors (Lipinski definition) is 2. The van der Waals surface area contributed by atoms with E-state index in [1.54, 1.807) is 6.07 Å². The van der Waals surface area contributed by atoms with Crippen LogP contribution in [0.15, 0.2) is 72.8 Å². The summed E-state index contributed by atoms with van der Waals surface area (Å²) in [5.74, 6) is -1.69. The molecule has 166 valence electrons. The molecule has 0 aromatic heterocycles. The lowest BCUT2D eigenvalue weighted by atomic mass is 10.1. The molecule has 0 aliphatic carbocycles. The summed E-state index contributed by atoms with van der Waals surface area (Å²) >= 11 is 0. The predicted molar refractivity (Wildman–Crippen MR) is 117 cm³/mol. The van der Waals surface area contributed by atoms with Crippen LogP contribution >= 0.6 is 0 Å². The second kappa shape index (κ2) is 9.92. The van der Waals surface area contributed by atoms with Crippen LogP contribution in [0, 0.1) is 20.2 Å². The number of non-ortho nitro benzene ring substituents is 1. The van der Waals surface area contributed by atoms with Gasteiger partial charge in [-0.3, -0.25) is 34.6 Å². The fourth-order valence-corrected chi connectivity index (χ4v) is 2.87. The first-order valence-electron chi connectivity index (χ1n) is 9.47. The summed E-state index contributed by atoms with van der Waals surface area (Å²) in [5, 5.41) is 26.7. The fourth-order valence-electron chi connectivity index (χ4n) is 2.87. The van der Waals surface area contributed by atoms with Crippen molar-refractivity contribution in [3.05, 3.63) is 110 Å². The molecule has 3 rings (SSSR count). The van der Waals surface area contributed by atoms with E-state index in [1.165, 1.54) is 60.7 Å². The number of carbonyl (C=O) groups excluding carboxylic acids is 3. The lowest BCUT2D eigenvalue weighted by Gasteiger charge is -2.07. The molecule has 0 aliphatic heterocycles. The Balaban J connectivity index is 1.61. The molecule has 0 atom stereocenters. The Kier molecular flexibility index (Phi) is 6.84. The highest BCUT2D eigenvalue weighted by Gasteiger charge is 2.17. The molecule has 0 fully saturated rings. The number of anilines is 1. The van der Waals surface area contributed by atoms with Crippen LogP contribution in [0.4, 0.5) is 17.1 Å². The van der Waals surface area contributed by atoms with Gasteiger partial charge in [-0.25, -0.2) is 0 Å². The number of carbonyl (C=O) groups is 3. The number of benzene rings is 3. The van der Waals surface area contributed by atoms with Gasteiger partial charge >= 0.3 is 0 Å². The van der Waals surface area contributed by atoms with E-state index in [0.29, 0.717) is 0 Å². The molecule has 0 saturated heterocycles. The zero-order chi connectivity index (χ0) is 24.0. The zero-order valence-electron chi connectivity index (χ0n) is 16.9. The van der Waals surface area contributed by atoms with E-state index in [2.05, 4.69) is 10.6 Å². The topological polar surface area (TPSA) is 162 Å². The van der Waals surface area contributed by atoms with E-state index in [0.717, 1.165) is 6.07 Å². The minimum Gasteiger partial charge on any atom is -0.345 e. The third-order valence-corrected chi connectivity index (χ3v) is 4.55. The fraction of sp³-hybridized carbons (Fsp3) is 0.0455. The van der Waals surface area contributed by atoms with E-state index in [4.69, 9.17) is 0 Å². The van der Waals surface area contributed by atoms with Gasteiger partial charge in [0, 0.05) is 34.9 Å². The Labute approximate surface area is 186 Å². The molecule has 11 nitrogen and oxygen atoms in total. The Bertz CT molecular complexity index is 1260. The van der Waals surface area contributed by atoms with Crippen LogP contribution in [-0.4, -0.2) is 34.0 Å². The third kappa shape index (κ3) is 5.61. The number of amides is 2. The largest absolute Gasteiger partial charge is 0.345 e. The monoisotopic (exact) mass is 448 g/mol. The number of para-hydroxylation sites is 2. The van der Waals surface area contributed by atoms with Crippen LogP contribution in [0.2, 0.25) is 0 Å². The van der Waals surface area contributed by atoms with E-state index in [-0.39, 0.29) is 40.3 Å². The molecule has 0 unspecified atom stereocenters. The summed E-state index contributed by atoms with van der Waals surface area (Å²) in [6.07, 6.45) is 0. The van der Waals surface area contributed by atoms with Gasteiger partial charge in [-0.2, -0.15) is 0 Å². The molecular weight excluding hydrogens is 432 g/mol. The van der Waals surface area contributed by atoms with Crippen molar-refractivity contribution in [1.82, 2.24) is 5.32 Å². The SMILES string of the molecule is O=C(CNC(=O)c1cccc([N+](=O)[O-])c1)c1ccc(C(=O)Nc2ccccc2[N+](=O)[O-])cc1. The Morgan fingerprint density at radius 3 is 2.06 bits per heavy atom. The first-order chi connectivity index (χ1) is 15.8. The number of nitrogens with zero attached hydrogens (tertiary/aromatic N) is 2. The number of hydrogen-bond acceptors (Lipinski definition) is 7. The van der Waals surface area contributed by atoms with Crippen molar-refractivity contribution in [3.63, 3.8) is 0 Å². The number of rotatable bonds is 8. The Hall–Kier alpha value is -4.93. The number of ketones is 1. The van der Waals surface area contributed by atoms with Crippen molar-refractivity contribution in [2.75, 3.05) is 11.9 Å². The van der Waals surface area contributed by atoms with Gasteiger partial charge in [0.15, 0.2) is 5.78 Å². The highest BCUT2D eigenvalue weighted by molar-refractivity contribution is 6.07. The molecule has 3 aromatic rings. The van der Waals surface area contributed by atoms with Gasteiger partial charge in [-0.15, -0.1) is 0 Å². The highest BCUT2D eigenvalue weighted by atomic mass is 16.6. The molecule has 0 aliphatic rings. The summed E-state index contributed by atoms with van der Waals surface area (Å²) in [6, 6.07) is 16.3. The van der Waals surface area contributed by atoms with E-state index in [9.17, 15) is 34.6 Å². The average Bonchev–Trinajstić information content (AvgIpc) is 2.82. The first-order valence-corrected chi connectivity index (χ1v) is 9.47. The highest BCUT2D eigenvalue weighted by Crippen LogP contribution is 2.23. The Morgan fingerprint density at radius 2 is 1.39 bits per heavy atom. The lowest BCUT2D eigenvalue weighted by Crippen LogP contribution is -2.29. The molecule has 0 spiro atoms. The minimum atomic E-state index is -0.646. The van der Waals surface area contributed by atoms with Crippen LogP contribution in [0.3, 0.4) is 0 Å². The molecule has 2 N–H and O–H groups in total. The van der Waals surface area contributed by atoms with Crippen LogP contribution in [0.5, 0.6) is 0 Å². The lowest BCUT2D eigenvalue weighted by molar-refractivity contribution is -0.384. The van der Waals surface area contributed by atoms with Gasteiger partial charge in [0.2, 0.25) is 0 Å². The van der Waals surface area contributed by atoms with Gasteiger partial charge in [-0.1, -0.05) is 30.3 Å². The Morgan fingerprint density at radius 1 is 0.727 bits per heavy atom. The summed E-state index contributed by atoms with van der Waals surface area (Å²) in [5.41, 5.74) is -0.0294. The molecule has 2 amide bonds. The second-order valence-electron chi connectivity index (χ2n) is 6.72. The van der Waals surface area contributed by atoms with E-state index in [1.807, 2.05) is 0 Å². The van der Waals surface area contributed by atoms with Crippen molar-refractivity contribution in [1.29, 1.82) is 0 Å². The summed E-state index contributed by atoms with van der Waals surface area (Å²) in [4.78, 5) is 57.5. The predicted octanol–water partition coefficient (Wildman–Crippen LogP) is 3.37. The molecule has 0 heterocycles. The summed E-state index contributed by atoms with van der Waals surface area (Å²) in [6.45, 7) is -0.358. The quantitative estimate of drug-likeness (QED) is 0.303. The van der Waals surface area contributed by atoms with Crippen molar-refractivity contribution in [2.24, 2.45) is 0 Å². The van der Waals surface area contributed by atoms with Crippen LogP contribution in [0.1, 0.15) is 31.1 Å². The van der Waals surface area contributed by atoms with Gasteiger partial charge < -0.3 is 10.6 Å². The normalized spacial score (nSPS) is 10.2. The van der Waals surface area contributed by atoms with Crippen molar-refractivity contribution in [3.8, 4) is 0 Å². The molecule has 3 aromatic carbocycles. The molecule has 11 heteroatoms. The molecular formula is C22H16N4O7. The summed E-state index contributed by atoms with van der Waals surface area (Å²) < 4.78 is 0. The zero-order valence-corrected chi connectivity index (χ0v) is 16.9. The smallest absolute Gasteiger partial charge is 0.292 e. The number of nitro groups is 2. The number of Topliss-reactive ketones (excluding diaryl/α,β-unsaturated/α-hetero) is 1. The second-order valence-corrected chi connectivity index (χ2v) is 6.72. The maximum atomic E-state index is 12.4. The average molecular weight is 448 g/mol. The van der Waals surface area contributed by atoms with Gasteiger partial charge in [-0.05, 0) is 24.3 Å². The number of nitrogens with one attached hydrogen (secondary N) is 2. The summed E-state index contributed by atoms with van der Waals surface area (Å²) in [7, 11) is 0. The molecule has 0 radical (unpaired) electrons. The van der Waals surface area contributed by atoms with Crippen molar-refractivity contribution in [2.45, 2.75) is 0 Å². The van der Waals surface area contributed by atoms with Gasteiger partial charge in [0.05, 0.1) is 16.4 Å². The number of nitro benzene ring substituents is 2. The van der Waals surface area contributed by atoms with E-state index < -0.39 is 27.4 Å². The van der Waals surface area contributed by atoms with E-state index >= 15 is 0 Å². The minimum absolute atomic E-state index is 0.0384. The third-order valence-electron chi connectivity index (χ3n) is 4.55. The van der Waals surface area contributed by atoms with Crippen LogP contribution < -0.4 is 10.6 Å². The standard InChI is InChI=1S/C22H16N4O7/c27-20(13-23-21(28)16-4-3-5-17(12-16)25(30)31)14-8-10-15(11-9-14)22(29)24-18-6-1-2-7-19(18)26(32)33/h1-12H,13H2,(H,23,28)(H,24,29). The maximum absolute atomic E-state index is 12.4. The van der Waals surface area contributed by atoms with Crippen molar-refractivity contribution < 1.29 is 24.2 Å². The van der Waals surface area contributed by atoms with Crippen LogP contribution in [0.25, 0.3) is 0 Å². The molecule has 33 heavy (non-hydrogen) atoms. The van der Waals surface area contributed by atoms with Crippen LogP contribution in [-0.2, 0) is 0 Å². The van der Waals surface area contributed by atoms with Gasteiger partial charge in [0.25, 0.3) is 23.2 Å². The molecule has 0 bridgehead atoms. The maximum Gasteiger partial charge on any atom is 0.292 e. The molecule has 0 saturated carbocycles. The van der Waals surface area contributed by atoms with Crippen molar-refractivity contribution >= 4 is 34.7 Å².